The zero-order chi connectivity index (χ0) is 18.2. The van der Waals surface area contributed by atoms with Crippen LogP contribution in [-0.2, 0) is 13.0 Å². The molecule has 3 rings (SSSR count). The highest BCUT2D eigenvalue weighted by Gasteiger charge is 2.21. The molecular weight excluding hydrogens is 328 g/mol. The van der Waals surface area contributed by atoms with Crippen LogP contribution in [0, 0.1) is 0 Å². The smallest absolute Gasteiger partial charge is 0.192 e. The van der Waals surface area contributed by atoms with Crippen LogP contribution in [0.25, 0.3) is 0 Å². The minimum absolute atomic E-state index is 0.178. The number of rotatable bonds is 7. The first-order valence-electron chi connectivity index (χ1n) is 9.06. The first-order chi connectivity index (χ1) is 12.8. The van der Waals surface area contributed by atoms with E-state index in [0.29, 0.717) is 19.7 Å². The number of aliphatic imine (C=N–C) groups is 1. The minimum atomic E-state index is 0.178. The van der Waals surface area contributed by atoms with Gasteiger partial charge < -0.3 is 19.9 Å². The molecule has 0 spiro atoms. The lowest BCUT2D eigenvalue weighted by molar-refractivity contribution is 0.261. The van der Waals surface area contributed by atoms with E-state index in [2.05, 4.69) is 40.4 Å². The summed E-state index contributed by atoms with van der Waals surface area (Å²) in [5.41, 5.74) is 1.17. The first-order valence-corrected chi connectivity index (χ1v) is 9.06. The van der Waals surface area contributed by atoms with Crippen molar-refractivity contribution in [3.63, 3.8) is 0 Å². The van der Waals surface area contributed by atoms with Gasteiger partial charge in [-0.2, -0.15) is 0 Å². The highest BCUT2D eigenvalue weighted by molar-refractivity contribution is 5.80. The lowest BCUT2D eigenvalue weighted by atomic mass is 10.0. The van der Waals surface area contributed by atoms with Gasteiger partial charge in [0.05, 0.1) is 19.2 Å². The van der Waals surface area contributed by atoms with E-state index in [4.69, 9.17) is 9.73 Å². The van der Waals surface area contributed by atoms with Gasteiger partial charge in [0.2, 0.25) is 0 Å². The summed E-state index contributed by atoms with van der Waals surface area (Å²) in [6.45, 7) is 8.59. The quantitative estimate of drug-likeness (QED) is 0.452. The lowest BCUT2D eigenvalue weighted by Gasteiger charge is -2.28. The van der Waals surface area contributed by atoms with Crippen LogP contribution in [-0.4, -0.2) is 40.4 Å². The molecule has 1 atom stereocenters. The number of aromatic nitrogens is 3. The third-order valence-corrected chi connectivity index (χ3v) is 4.31. The standard InChI is InChI=1S/C19H26N6O/c1-3-10-20-19(21-11-12-25-14-22-24-18(25)4-2)23-16-9-13-26-17-8-6-5-7-15(16)17/h3,5-8,14,16H,1,4,9-13H2,2H3,(H2,20,21,23). The summed E-state index contributed by atoms with van der Waals surface area (Å²) in [6, 6.07) is 8.32. The predicted molar refractivity (Wildman–Crippen MR) is 102 cm³/mol. The normalized spacial score (nSPS) is 16.5. The fraction of sp³-hybridized carbons (Fsp3) is 0.421. The molecule has 1 unspecified atom stereocenters. The van der Waals surface area contributed by atoms with Crippen molar-refractivity contribution >= 4 is 5.96 Å². The van der Waals surface area contributed by atoms with Gasteiger partial charge in [-0.3, -0.25) is 4.99 Å². The second-order valence-electron chi connectivity index (χ2n) is 6.07. The van der Waals surface area contributed by atoms with E-state index >= 15 is 0 Å². The molecule has 1 aromatic heterocycles. The third-order valence-electron chi connectivity index (χ3n) is 4.31. The van der Waals surface area contributed by atoms with Crippen LogP contribution in [0.1, 0.15) is 30.8 Å². The predicted octanol–water partition coefficient (Wildman–Crippen LogP) is 2.09. The Bertz CT molecular complexity index is 754. The van der Waals surface area contributed by atoms with Crippen LogP contribution in [0.4, 0.5) is 0 Å². The summed E-state index contributed by atoms with van der Waals surface area (Å²) in [5.74, 6) is 2.70. The Labute approximate surface area is 154 Å². The molecule has 7 nitrogen and oxygen atoms in total. The topological polar surface area (TPSA) is 76.4 Å². The Morgan fingerprint density at radius 2 is 2.35 bits per heavy atom. The highest BCUT2D eigenvalue weighted by Crippen LogP contribution is 2.31. The molecule has 2 aromatic rings. The zero-order valence-electron chi connectivity index (χ0n) is 15.2. The van der Waals surface area contributed by atoms with Gasteiger partial charge in [0, 0.05) is 31.5 Å². The SMILES string of the molecule is C=CCNC(=NCCn1cnnc1CC)NC1CCOc2ccccc21. The number of benzene rings is 1. The molecule has 0 radical (unpaired) electrons. The molecule has 0 saturated carbocycles. The summed E-state index contributed by atoms with van der Waals surface area (Å²) in [5, 5.41) is 14.9. The molecule has 0 aliphatic carbocycles. The zero-order valence-corrected chi connectivity index (χ0v) is 15.2. The Balaban J connectivity index is 1.67. The lowest BCUT2D eigenvalue weighted by Crippen LogP contribution is -2.41. The van der Waals surface area contributed by atoms with Crippen molar-refractivity contribution < 1.29 is 4.74 Å². The van der Waals surface area contributed by atoms with Crippen molar-refractivity contribution in [1.29, 1.82) is 0 Å². The molecule has 1 aliphatic heterocycles. The average molecular weight is 354 g/mol. The highest BCUT2D eigenvalue weighted by atomic mass is 16.5. The largest absolute Gasteiger partial charge is 0.493 e. The molecule has 0 saturated heterocycles. The molecule has 0 amide bonds. The average Bonchev–Trinajstić information content (AvgIpc) is 3.13. The van der Waals surface area contributed by atoms with Crippen LogP contribution in [0.5, 0.6) is 5.75 Å². The van der Waals surface area contributed by atoms with Crippen molar-refractivity contribution in [2.45, 2.75) is 32.4 Å². The van der Waals surface area contributed by atoms with Crippen LogP contribution in [0.3, 0.4) is 0 Å². The van der Waals surface area contributed by atoms with E-state index in [1.54, 1.807) is 6.33 Å². The summed E-state index contributed by atoms with van der Waals surface area (Å²) in [4.78, 5) is 4.71. The van der Waals surface area contributed by atoms with Crippen LogP contribution < -0.4 is 15.4 Å². The van der Waals surface area contributed by atoms with Gasteiger partial charge >= 0.3 is 0 Å². The maximum atomic E-state index is 5.74. The number of nitrogens with one attached hydrogen (secondary N) is 2. The number of ether oxygens (including phenoxy) is 1. The van der Waals surface area contributed by atoms with Gasteiger partial charge in [-0.15, -0.1) is 16.8 Å². The second-order valence-corrected chi connectivity index (χ2v) is 6.07. The molecule has 1 aromatic carbocycles. The molecule has 26 heavy (non-hydrogen) atoms. The molecule has 2 N–H and O–H groups in total. The van der Waals surface area contributed by atoms with Crippen molar-refractivity contribution in [1.82, 2.24) is 25.4 Å². The van der Waals surface area contributed by atoms with Gasteiger partial charge in [0.25, 0.3) is 0 Å². The van der Waals surface area contributed by atoms with Crippen LogP contribution in [0.2, 0.25) is 0 Å². The van der Waals surface area contributed by atoms with Gasteiger partial charge in [-0.05, 0) is 6.07 Å². The number of fused-ring (bicyclic) bond motifs is 1. The summed E-state index contributed by atoms with van der Waals surface area (Å²) < 4.78 is 7.78. The van der Waals surface area contributed by atoms with E-state index in [1.165, 1.54) is 5.56 Å². The summed E-state index contributed by atoms with van der Waals surface area (Å²) >= 11 is 0. The van der Waals surface area contributed by atoms with E-state index < -0.39 is 0 Å². The van der Waals surface area contributed by atoms with E-state index in [9.17, 15) is 0 Å². The van der Waals surface area contributed by atoms with E-state index in [-0.39, 0.29) is 6.04 Å². The number of hydrogen-bond acceptors (Lipinski definition) is 4. The second kappa shape index (κ2) is 9.03. The Kier molecular flexibility index (Phi) is 6.24. The Morgan fingerprint density at radius 3 is 3.19 bits per heavy atom. The van der Waals surface area contributed by atoms with Gasteiger partial charge in [-0.1, -0.05) is 31.2 Å². The van der Waals surface area contributed by atoms with E-state index in [0.717, 1.165) is 36.9 Å². The number of nitrogens with zero attached hydrogens (tertiary/aromatic N) is 4. The maximum Gasteiger partial charge on any atom is 0.192 e. The third kappa shape index (κ3) is 4.41. The number of guanidine groups is 1. The Hall–Kier alpha value is -2.83. The number of aryl methyl sites for hydroxylation is 1. The molecule has 0 fully saturated rings. The fourth-order valence-electron chi connectivity index (χ4n) is 2.99. The molecule has 0 bridgehead atoms. The van der Waals surface area contributed by atoms with Gasteiger partial charge in [0.1, 0.15) is 17.9 Å². The maximum absolute atomic E-state index is 5.74. The fourth-order valence-corrected chi connectivity index (χ4v) is 2.99. The van der Waals surface area contributed by atoms with Crippen molar-refractivity contribution in [2.75, 3.05) is 19.7 Å². The van der Waals surface area contributed by atoms with Crippen molar-refractivity contribution in [3.05, 3.63) is 54.6 Å². The van der Waals surface area contributed by atoms with Crippen LogP contribution >= 0.6 is 0 Å². The van der Waals surface area contributed by atoms with E-state index in [1.807, 2.05) is 28.8 Å². The molecular formula is C19H26N6O. The monoisotopic (exact) mass is 354 g/mol. The van der Waals surface area contributed by atoms with Gasteiger partial charge in [0.15, 0.2) is 5.96 Å². The van der Waals surface area contributed by atoms with Crippen molar-refractivity contribution in [3.8, 4) is 5.75 Å². The van der Waals surface area contributed by atoms with Gasteiger partial charge in [-0.25, -0.2) is 0 Å². The Morgan fingerprint density at radius 1 is 1.46 bits per heavy atom. The number of hydrogen-bond donors (Lipinski definition) is 2. The summed E-state index contributed by atoms with van der Waals surface area (Å²) in [6.07, 6.45) is 5.34. The molecule has 138 valence electrons. The van der Waals surface area contributed by atoms with Crippen LogP contribution in [0.15, 0.2) is 48.2 Å². The molecule has 2 heterocycles. The first kappa shape index (κ1) is 18.0. The molecule has 7 heteroatoms. The number of para-hydroxylation sites is 1. The van der Waals surface area contributed by atoms with Crippen molar-refractivity contribution in [2.24, 2.45) is 4.99 Å². The summed E-state index contributed by atoms with van der Waals surface area (Å²) in [7, 11) is 0. The molecule has 1 aliphatic rings. The minimum Gasteiger partial charge on any atom is -0.493 e.